The van der Waals surface area contributed by atoms with Crippen molar-refractivity contribution >= 4 is 5.78 Å². The molecule has 0 aromatic heterocycles. The van der Waals surface area contributed by atoms with Crippen LogP contribution in [0.5, 0.6) is 28.7 Å². The summed E-state index contributed by atoms with van der Waals surface area (Å²) >= 11 is 0. The fourth-order valence-corrected chi connectivity index (χ4v) is 2.52. The van der Waals surface area contributed by atoms with Gasteiger partial charge in [0.15, 0.2) is 0 Å². The van der Waals surface area contributed by atoms with Crippen LogP contribution < -0.4 is 9.47 Å². The number of hydrogen-bond donors (Lipinski definition) is 3. The average molecular weight is 318 g/mol. The Bertz CT molecular complexity index is 738. The zero-order valence-corrected chi connectivity index (χ0v) is 13.0. The van der Waals surface area contributed by atoms with Crippen molar-refractivity contribution in [3.8, 4) is 28.7 Å². The van der Waals surface area contributed by atoms with Gasteiger partial charge in [0.2, 0.25) is 0 Å². The smallest absolute Gasteiger partial charge is 0.142 e. The van der Waals surface area contributed by atoms with Gasteiger partial charge in [-0.25, -0.2) is 0 Å². The number of hydrogen-bond acceptors (Lipinski definition) is 6. The van der Waals surface area contributed by atoms with Gasteiger partial charge in [0.05, 0.1) is 25.7 Å². The lowest BCUT2D eigenvalue weighted by atomic mass is 9.86. The number of methoxy groups -OCH3 is 2. The maximum Gasteiger partial charge on any atom is 0.142 e. The van der Waals surface area contributed by atoms with E-state index in [9.17, 15) is 20.1 Å². The fraction of sp³-hybridized carbons (Fsp3) is 0.235. The van der Waals surface area contributed by atoms with E-state index in [2.05, 4.69) is 0 Å². The van der Waals surface area contributed by atoms with Crippen LogP contribution >= 0.6 is 0 Å². The number of Topliss-reactive ketones (excluding diaryl/α,β-unsaturated/α-hetero) is 1. The molecule has 6 heteroatoms. The fourth-order valence-electron chi connectivity index (χ4n) is 2.52. The largest absolute Gasteiger partial charge is 0.508 e. The Hall–Kier alpha value is -2.89. The average Bonchev–Trinajstić information content (AvgIpc) is 2.51. The van der Waals surface area contributed by atoms with E-state index in [1.807, 2.05) is 0 Å². The number of ketones is 1. The van der Waals surface area contributed by atoms with Crippen LogP contribution in [0.4, 0.5) is 0 Å². The van der Waals surface area contributed by atoms with Gasteiger partial charge in [-0.05, 0) is 25.1 Å². The van der Waals surface area contributed by atoms with Crippen molar-refractivity contribution < 1.29 is 29.6 Å². The lowest BCUT2D eigenvalue weighted by Gasteiger charge is -2.21. The molecule has 6 nitrogen and oxygen atoms in total. The van der Waals surface area contributed by atoms with Crippen molar-refractivity contribution in [2.24, 2.45) is 0 Å². The molecule has 2 rings (SSSR count). The predicted molar refractivity (Wildman–Crippen MR) is 83.5 cm³/mol. The standard InChI is InChI=1S/C17H18O6/c1-9(18)16(12-6-10(19)4-5-13(12)20)17-14(21)7-11(22-2)8-15(17)23-3/h4-8,16,19-21H,1-3H3. The molecule has 0 bridgehead atoms. The van der Waals surface area contributed by atoms with Crippen molar-refractivity contribution in [3.05, 3.63) is 41.5 Å². The normalized spacial score (nSPS) is 11.8. The van der Waals surface area contributed by atoms with Crippen LogP contribution in [-0.4, -0.2) is 35.3 Å². The van der Waals surface area contributed by atoms with E-state index in [0.29, 0.717) is 5.75 Å². The van der Waals surface area contributed by atoms with Gasteiger partial charge < -0.3 is 24.8 Å². The maximum absolute atomic E-state index is 12.2. The monoisotopic (exact) mass is 318 g/mol. The van der Waals surface area contributed by atoms with Gasteiger partial charge in [0, 0.05) is 17.7 Å². The molecule has 0 fully saturated rings. The zero-order chi connectivity index (χ0) is 17.1. The lowest BCUT2D eigenvalue weighted by molar-refractivity contribution is -0.117. The molecule has 0 radical (unpaired) electrons. The predicted octanol–water partition coefficient (Wildman–Crippen LogP) is 2.54. The van der Waals surface area contributed by atoms with Crippen LogP contribution in [0.3, 0.4) is 0 Å². The summed E-state index contributed by atoms with van der Waals surface area (Å²) in [4.78, 5) is 12.2. The summed E-state index contributed by atoms with van der Waals surface area (Å²) in [6.45, 7) is 1.33. The van der Waals surface area contributed by atoms with Gasteiger partial charge in [0.1, 0.15) is 34.5 Å². The first-order valence-corrected chi connectivity index (χ1v) is 6.86. The van der Waals surface area contributed by atoms with Crippen molar-refractivity contribution in [3.63, 3.8) is 0 Å². The second-order valence-corrected chi connectivity index (χ2v) is 5.05. The lowest BCUT2D eigenvalue weighted by Crippen LogP contribution is -2.12. The molecule has 0 amide bonds. The van der Waals surface area contributed by atoms with E-state index in [0.717, 1.165) is 0 Å². The highest BCUT2D eigenvalue weighted by atomic mass is 16.5. The third-order valence-electron chi connectivity index (χ3n) is 3.57. The van der Waals surface area contributed by atoms with Gasteiger partial charge in [-0.3, -0.25) is 4.79 Å². The molecule has 2 aromatic rings. The first-order valence-electron chi connectivity index (χ1n) is 6.86. The summed E-state index contributed by atoms with van der Waals surface area (Å²) in [6, 6.07) is 6.76. The Kier molecular flexibility index (Phi) is 4.64. The first kappa shape index (κ1) is 16.5. The van der Waals surface area contributed by atoms with Crippen molar-refractivity contribution in [2.45, 2.75) is 12.8 Å². The molecule has 0 aliphatic carbocycles. The Morgan fingerprint density at radius 1 is 1.00 bits per heavy atom. The molecule has 122 valence electrons. The highest BCUT2D eigenvalue weighted by Gasteiger charge is 2.29. The molecule has 0 aliphatic rings. The van der Waals surface area contributed by atoms with Crippen molar-refractivity contribution in [2.75, 3.05) is 14.2 Å². The Balaban J connectivity index is 2.72. The number of carbonyl (C=O) groups excluding carboxylic acids is 1. The number of benzene rings is 2. The minimum absolute atomic E-state index is 0.101. The molecular formula is C17H18O6. The summed E-state index contributed by atoms with van der Waals surface area (Å²) in [5.41, 5.74) is 0.373. The third-order valence-corrected chi connectivity index (χ3v) is 3.57. The quantitative estimate of drug-likeness (QED) is 0.733. The van der Waals surface area contributed by atoms with Crippen molar-refractivity contribution in [1.82, 2.24) is 0 Å². The second-order valence-electron chi connectivity index (χ2n) is 5.05. The number of ether oxygens (including phenoxy) is 2. The first-order chi connectivity index (χ1) is 10.9. The van der Waals surface area contributed by atoms with Crippen LogP contribution in [0, 0.1) is 0 Å². The third kappa shape index (κ3) is 3.15. The molecule has 1 atom stereocenters. The van der Waals surface area contributed by atoms with E-state index < -0.39 is 5.92 Å². The van der Waals surface area contributed by atoms with Crippen molar-refractivity contribution in [1.29, 1.82) is 0 Å². The Morgan fingerprint density at radius 3 is 2.26 bits per heavy atom. The van der Waals surface area contributed by atoms with Gasteiger partial charge in [-0.2, -0.15) is 0 Å². The number of carbonyl (C=O) groups is 1. The maximum atomic E-state index is 12.2. The summed E-state index contributed by atoms with van der Waals surface area (Å²) in [5.74, 6) is -1.19. The minimum Gasteiger partial charge on any atom is -0.508 e. The molecule has 0 heterocycles. The Labute approximate surface area is 133 Å². The number of aromatic hydroxyl groups is 3. The van der Waals surface area contributed by atoms with Gasteiger partial charge in [0.25, 0.3) is 0 Å². The van der Waals surface area contributed by atoms with Crippen LogP contribution in [0.25, 0.3) is 0 Å². The minimum atomic E-state index is -0.997. The molecular weight excluding hydrogens is 300 g/mol. The van der Waals surface area contributed by atoms with Crippen LogP contribution in [0.15, 0.2) is 30.3 Å². The highest BCUT2D eigenvalue weighted by molar-refractivity contribution is 5.89. The Morgan fingerprint density at radius 2 is 1.70 bits per heavy atom. The van der Waals surface area contributed by atoms with Crippen LogP contribution in [-0.2, 0) is 4.79 Å². The molecule has 0 saturated heterocycles. The number of phenolic OH excluding ortho intramolecular Hbond substituents is 3. The van der Waals surface area contributed by atoms with E-state index in [1.165, 1.54) is 51.5 Å². The summed E-state index contributed by atoms with van der Waals surface area (Å²) in [7, 11) is 2.84. The summed E-state index contributed by atoms with van der Waals surface area (Å²) in [5, 5.41) is 30.0. The van der Waals surface area contributed by atoms with Gasteiger partial charge in [-0.1, -0.05) is 0 Å². The van der Waals surface area contributed by atoms with E-state index in [-0.39, 0.29) is 39.9 Å². The molecule has 1 unspecified atom stereocenters. The molecule has 2 aromatic carbocycles. The van der Waals surface area contributed by atoms with E-state index in [1.54, 1.807) is 0 Å². The van der Waals surface area contributed by atoms with Crippen LogP contribution in [0.2, 0.25) is 0 Å². The summed E-state index contributed by atoms with van der Waals surface area (Å²) in [6.07, 6.45) is 0. The van der Waals surface area contributed by atoms with E-state index in [4.69, 9.17) is 9.47 Å². The molecule has 0 aliphatic heterocycles. The molecule has 0 saturated carbocycles. The topological polar surface area (TPSA) is 96.2 Å². The number of rotatable bonds is 5. The molecule has 3 N–H and O–H groups in total. The summed E-state index contributed by atoms with van der Waals surface area (Å²) < 4.78 is 10.3. The van der Waals surface area contributed by atoms with Crippen LogP contribution in [0.1, 0.15) is 24.0 Å². The molecule has 0 spiro atoms. The van der Waals surface area contributed by atoms with Gasteiger partial charge in [-0.15, -0.1) is 0 Å². The van der Waals surface area contributed by atoms with E-state index >= 15 is 0 Å². The highest BCUT2D eigenvalue weighted by Crippen LogP contribution is 2.44. The van der Waals surface area contributed by atoms with Gasteiger partial charge >= 0.3 is 0 Å². The molecule has 23 heavy (non-hydrogen) atoms. The SMILES string of the molecule is COc1cc(O)c(C(C(C)=O)c2cc(O)ccc2O)c(OC)c1. The second kappa shape index (κ2) is 6.48. The number of phenols is 3. The zero-order valence-electron chi connectivity index (χ0n) is 13.0.